The molecule has 0 spiro atoms. The highest BCUT2D eigenvalue weighted by molar-refractivity contribution is 7.97. The summed E-state index contributed by atoms with van der Waals surface area (Å²) in [7, 11) is 1.32. The third-order valence-electron chi connectivity index (χ3n) is 1.48. The Kier molecular flexibility index (Phi) is 3.59. The highest BCUT2D eigenvalue weighted by Crippen LogP contribution is 2.23. The highest BCUT2D eigenvalue weighted by atomic mass is 35.5. The molecule has 0 radical (unpaired) electrons. The first kappa shape index (κ1) is 10.4. The number of nitrogens with two attached hydrogens (primary N) is 1. The zero-order valence-electron chi connectivity index (χ0n) is 6.91. The average Bonchev–Trinajstić information content (AvgIpc) is 2.16. The van der Waals surface area contributed by atoms with E-state index in [4.69, 9.17) is 16.7 Å². The van der Waals surface area contributed by atoms with Gasteiger partial charge in [0.05, 0.1) is 12.7 Å². The molecule has 0 aromatic heterocycles. The van der Waals surface area contributed by atoms with E-state index in [0.717, 1.165) is 11.9 Å². The molecular formula is C8H8ClNO2S. The van der Waals surface area contributed by atoms with Crippen molar-refractivity contribution < 1.29 is 9.53 Å². The van der Waals surface area contributed by atoms with Crippen molar-refractivity contribution in [3.05, 3.63) is 28.8 Å². The van der Waals surface area contributed by atoms with Crippen LogP contribution < -0.4 is 5.14 Å². The number of carbonyl (C=O) groups excluding carboxylic acids is 1. The highest BCUT2D eigenvalue weighted by Gasteiger charge is 2.11. The van der Waals surface area contributed by atoms with Crippen LogP contribution in [-0.4, -0.2) is 13.1 Å². The van der Waals surface area contributed by atoms with Crippen molar-refractivity contribution in [2.24, 2.45) is 5.14 Å². The Morgan fingerprint density at radius 1 is 1.62 bits per heavy atom. The van der Waals surface area contributed by atoms with Crippen LogP contribution in [0.15, 0.2) is 23.1 Å². The van der Waals surface area contributed by atoms with Crippen molar-refractivity contribution in [3.8, 4) is 0 Å². The van der Waals surface area contributed by atoms with E-state index in [2.05, 4.69) is 4.74 Å². The van der Waals surface area contributed by atoms with Gasteiger partial charge in [0.2, 0.25) is 0 Å². The molecule has 13 heavy (non-hydrogen) atoms. The third-order valence-corrected chi connectivity index (χ3v) is 2.30. The fraction of sp³-hybridized carbons (Fsp3) is 0.125. The van der Waals surface area contributed by atoms with Crippen LogP contribution >= 0.6 is 23.5 Å². The average molecular weight is 218 g/mol. The molecule has 1 aromatic carbocycles. The molecule has 5 heteroatoms. The van der Waals surface area contributed by atoms with Gasteiger partial charge in [0.25, 0.3) is 0 Å². The number of esters is 1. The second-order valence-electron chi connectivity index (χ2n) is 2.25. The molecule has 0 atom stereocenters. The molecule has 0 unspecified atom stereocenters. The van der Waals surface area contributed by atoms with Crippen molar-refractivity contribution in [2.45, 2.75) is 4.90 Å². The van der Waals surface area contributed by atoms with Gasteiger partial charge in [-0.3, -0.25) is 5.14 Å². The van der Waals surface area contributed by atoms with Crippen LogP contribution in [-0.2, 0) is 4.74 Å². The summed E-state index contributed by atoms with van der Waals surface area (Å²) in [6, 6.07) is 4.83. The van der Waals surface area contributed by atoms with Crippen LogP contribution in [0.3, 0.4) is 0 Å². The van der Waals surface area contributed by atoms with Crippen molar-refractivity contribution >= 4 is 29.5 Å². The van der Waals surface area contributed by atoms with E-state index >= 15 is 0 Å². The fourth-order valence-electron chi connectivity index (χ4n) is 0.872. The lowest BCUT2D eigenvalue weighted by Crippen LogP contribution is -2.03. The van der Waals surface area contributed by atoms with Crippen molar-refractivity contribution in [2.75, 3.05) is 7.11 Å². The summed E-state index contributed by atoms with van der Waals surface area (Å²) in [5.74, 6) is -0.412. The molecule has 70 valence electrons. The second-order valence-corrected chi connectivity index (χ2v) is 3.36. The summed E-state index contributed by atoms with van der Waals surface area (Å²) in [5.41, 5.74) is 0.430. The maximum absolute atomic E-state index is 11.2. The maximum atomic E-state index is 11.2. The fourth-order valence-corrected chi connectivity index (χ4v) is 1.58. The van der Waals surface area contributed by atoms with Gasteiger partial charge in [-0.05, 0) is 30.1 Å². The molecule has 0 fully saturated rings. The van der Waals surface area contributed by atoms with Crippen LogP contribution in [0, 0.1) is 0 Å². The first-order valence-electron chi connectivity index (χ1n) is 3.43. The summed E-state index contributed by atoms with van der Waals surface area (Å²) in [6.07, 6.45) is 0. The standard InChI is InChI=1S/C8H8ClNO2S/c1-12-8(11)6-3-2-5(9)4-7(6)13-10/h2-4H,10H2,1H3. The lowest BCUT2D eigenvalue weighted by atomic mass is 10.2. The number of halogens is 1. The van der Waals surface area contributed by atoms with Gasteiger partial charge in [-0.25, -0.2) is 4.79 Å². The van der Waals surface area contributed by atoms with Crippen LogP contribution in [0.25, 0.3) is 0 Å². The maximum Gasteiger partial charge on any atom is 0.339 e. The predicted molar refractivity (Wildman–Crippen MR) is 52.8 cm³/mol. The van der Waals surface area contributed by atoms with E-state index in [1.807, 2.05) is 0 Å². The van der Waals surface area contributed by atoms with E-state index in [1.165, 1.54) is 7.11 Å². The number of carbonyl (C=O) groups is 1. The lowest BCUT2D eigenvalue weighted by Gasteiger charge is -2.04. The molecule has 0 saturated carbocycles. The smallest absolute Gasteiger partial charge is 0.339 e. The quantitative estimate of drug-likeness (QED) is 0.609. The zero-order valence-corrected chi connectivity index (χ0v) is 8.48. The molecule has 0 amide bonds. The first-order chi connectivity index (χ1) is 6.19. The number of ether oxygens (including phenoxy) is 1. The minimum atomic E-state index is -0.412. The minimum absolute atomic E-state index is 0.412. The molecule has 0 aliphatic carbocycles. The van der Waals surface area contributed by atoms with Crippen molar-refractivity contribution in [1.29, 1.82) is 0 Å². The van der Waals surface area contributed by atoms with Crippen molar-refractivity contribution in [3.63, 3.8) is 0 Å². The topological polar surface area (TPSA) is 52.3 Å². The van der Waals surface area contributed by atoms with Crippen LogP contribution in [0.4, 0.5) is 0 Å². The number of benzene rings is 1. The molecule has 3 nitrogen and oxygen atoms in total. The Hall–Kier alpha value is -0.710. The van der Waals surface area contributed by atoms with E-state index in [-0.39, 0.29) is 0 Å². The van der Waals surface area contributed by atoms with Gasteiger partial charge in [0, 0.05) is 9.92 Å². The van der Waals surface area contributed by atoms with Crippen LogP contribution in [0.5, 0.6) is 0 Å². The Morgan fingerprint density at radius 2 is 2.31 bits per heavy atom. The molecular weight excluding hydrogens is 210 g/mol. The number of hydrogen-bond donors (Lipinski definition) is 1. The van der Waals surface area contributed by atoms with Crippen LogP contribution in [0.1, 0.15) is 10.4 Å². The molecule has 0 bridgehead atoms. The number of rotatable bonds is 2. The van der Waals surface area contributed by atoms with Crippen LogP contribution in [0.2, 0.25) is 5.02 Å². The van der Waals surface area contributed by atoms with Gasteiger partial charge >= 0.3 is 5.97 Å². The van der Waals surface area contributed by atoms with E-state index in [0.29, 0.717) is 15.5 Å². The van der Waals surface area contributed by atoms with Gasteiger partial charge < -0.3 is 4.74 Å². The lowest BCUT2D eigenvalue weighted by molar-refractivity contribution is 0.0597. The number of methoxy groups -OCH3 is 1. The summed E-state index contributed by atoms with van der Waals surface area (Å²) in [4.78, 5) is 11.8. The molecule has 1 aromatic rings. The Morgan fingerprint density at radius 3 is 2.85 bits per heavy atom. The molecule has 0 aliphatic rings. The Balaban J connectivity index is 3.13. The SMILES string of the molecule is COC(=O)c1ccc(Cl)cc1SN. The van der Waals surface area contributed by atoms with Gasteiger partial charge in [0.15, 0.2) is 0 Å². The number of hydrogen-bond acceptors (Lipinski definition) is 4. The van der Waals surface area contributed by atoms with Gasteiger partial charge in [0.1, 0.15) is 0 Å². The first-order valence-corrected chi connectivity index (χ1v) is 4.69. The van der Waals surface area contributed by atoms with Gasteiger partial charge in [-0.1, -0.05) is 11.6 Å². The van der Waals surface area contributed by atoms with Crippen molar-refractivity contribution in [1.82, 2.24) is 0 Å². The molecule has 2 N–H and O–H groups in total. The second kappa shape index (κ2) is 4.50. The summed E-state index contributed by atoms with van der Waals surface area (Å²) in [5, 5.41) is 5.90. The monoisotopic (exact) mass is 217 g/mol. The van der Waals surface area contributed by atoms with Gasteiger partial charge in [-0.15, -0.1) is 0 Å². The Bertz CT molecular complexity index is 330. The minimum Gasteiger partial charge on any atom is -0.465 e. The molecule has 0 saturated heterocycles. The predicted octanol–water partition coefficient (Wildman–Crippen LogP) is 2.09. The van der Waals surface area contributed by atoms with E-state index < -0.39 is 5.97 Å². The largest absolute Gasteiger partial charge is 0.465 e. The summed E-state index contributed by atoms with van der Waals surface area (Å²) < 4.78 is 4.57. The molecule has 0 heterocycles. The summed E-state index contributed by atoms with van der Waals surface area (Å²) >= 11 is 6.69. The van der Waals surface area contributed by atoms with E-state index in [1.54, 1.807) is 18.2 Å². The summed E-state index contributed by atoms with van der Waals surface area (Å²) in [6.45, 7) is 0. The molecule has 1 rings (SSSR count). The normalized spacial score (nSPS) is 9.77. The van der Waals surface area contributed by atoms with E-state index in [9.17, 15) is 4.79 Å². The molecule has 0 aliphatic heterocycles. The third kappa shape index (κ3) is 2.37. The Labute approximate surface area is 85.3 Å². The zero-order chi connectivity index (χ0) is 9.84. The van der Waals surface area contributed by atoms with Gasteiger partial charge in [-0.2, -0.15) is 0 Å².